The molecule has 100 valence electrons. The van der Waals surface area contributed by atoms with Gasteiger partial charge in [-0.3, -0.25) is 0 Å². The minimum atomic E-state index is -6.00. The van der Waals surface area contributed by atoms with Crippen molar-refractivity contribution in [1.82, 2.24) is 0 Å². The molecule has 0 saturated heterocycles. The maximum Gasteiger partial charge on any atom is 0.673 e. The summed E-state index contributed by atoms with van der Waals surface area (Å²) >= 11 is -3.08. The minimum Gasteiger partial charge on any atom is -0.418 e. The van der Waals surface area contributed by atoms with Gasteiger partial charge in [-0.2, -0.15) is 17.6 Å². The van der Waals surface area contributed by atoms with Crippen LogP contribution in [0.5, 0.6) is 0 Å². The Bertz CT molecular complexity index is 170. The topological polar surface area (TPSA) is 0 Å². The molecule has 0 aliphatic rings. The Kier molecular flexibility index (Phi) is 7.78. The Morgan fingerprint density at radius 1 is 0.750 bits per heavy atom. The minimum absolute atomic E-state index is 2.14. The fourth-order valence-corrected chi connectivity index (χ4v) is 1.70. The molecule has 0 aliphatic carbocycles. The fourth-order valence-electron chi connectivity index (χ4n) is 0.253. The van der Waals surface area contributed by atoms with E-state index >= 15 is 0 Å². The van der Waals surface area contributed by atoms with Crippen LogP contribution in [-0.2, 0) is 0 Å². The summed E-state index contributed by atoms with van der Waals surface area (Å²) in [6.45, 7) is -4.29. The van der Waals surface area contributed by atoms with Gasteiger partial charge in [0.15, 0.2) is 0 Å². The first-order valence-corrected chi connectivity index (χ1v) is 5.41. The number of rotatable bonds is 4. The first kappa shape index (κ1) is 18.5. The quantitative estimate of drug-likeness (QED) is 0.289. The van der Waals surface area contributed by atoms with Crippen LogP contribution >= 0.6 is 0 Å². The van der Waals surface area contributed by atoms with Crippen molar-refractivity contribution in [3.05, 3.63) is 0 Å². The fraction of sp³-hybridized carbons (Fsp3) is 1.00. The summed E-state index contributed by atoms with van der Waals surface area (Å²) in [5.74, 6) is 0. The molecule has 0 bridgehead atoms. The summed E-state index contributed by atoms with van der Waals surface area (Å²) in [7, 11) is -6.00. The van der Waals surface area contributed by atoms with E-state index in [0.29, 0.717) is 0 Å². The molecule has 16 heavy (non-hydrogen) atoms. The number of halogens is 11. The molecule has 0 unspecified atom stereocenters. The van der Waals surface area contributed by atoms with Crippen molar-refractivity contribution < 1.29 is 64.8 Å². The molecule has 0 aromatic heterocycles. The molecule has 0 amide bonds. The van der Waals surface area contributed by atoms with Crippen molar-refractivity contribution in [2.24, 2.45) is 0 Å². The van der Waals surface area contributed by atoms with Crippen LogP contribution in [-0.4, -0.2) is 28.5 Å². The highest BCUT2D eigenvalue weighted by Gasteiger charge is 2.61. The molecule has 0 heterocycles. The summed E-state index contributed by atoms with van der Waals surface area (Å²) in [6, 6.07) is 0. The highest BCUT2D eigenvalue weighted by atomic mass is 127. The second-order valence-electron chi connectivity index (χ2n) is 2.09. The SMILES string of the molecule is FCC(F)(F)[I+]C(F)(F)CF.F[B-](F)(F)F. The third-order valence-electron chi connectivity index (χ3n) is 0.580. The Morgan fingerprint density at radius 2 is 0.938 bits per heavy atom. The molecular weight excluding hydrogens is 376 g/mol. The van der Waals surface area contributed by atoms with E-state index in [-0.39, 0.29) is 0 Å². The third kappa shape index (κ3) is 16.5. The molecule has 0 aliphatic heterocycles. The van der Waals surface area contributed by atoms with E-state index in [2.05, 4.69) is 0 Å². The third-order valence-corrected chi connectivity index (χ3v) is 2.73. The first-order chi connectivity index (χ1) is 6.83. The highest BCUT2D eigenvalue weighted by molar-refractivity contribution is 6.50. The molecule has 0 rings (SSSR count). The van der Waals surface area contributed by atoms with Crippen LogP contribution in [0.25, 0.3) is 0 Å². The molecule has 0 N–H and O–H groups in total. The van der Waals surface area contributed by atoms with Crippen molar-refractivity contribution in [1.29, 1.82) is 0 Å². The van der Waals surface area contributed by atoms with Gasteiger partial charge in [0.05, 0.1) is 0 Å². The van der Waals surface area contributed by atoms with Gasteiger partial charge in [0.2, 0.25) is 13.3 Å². The van der Waals surface area contributed by atoms with E-state index < -0.39 is 49.7 Å². The monoisotopic (exact) mass is 380 g/mol. The lowest BCUT2D eigenvalue weighted by atomic mass is 10.3. The zero-order valence-corrected chi connectivity index (χ0v) is 9.31. The van der Waals surface area contributed by atoms with Crippen LogP contribution in [0.1, 0.15) is 0 Å². The van der Waals surface area contributed by atoms with Gasteiger partial charge in [0, 0.05) is 0 Å². The number of alkyl halides is 8. The van der Waals surface area contributed by atoms with E-state index in [4.69, 9.17) is 0 Å². The number of hydrogen-bond acceptors (Lipinski definition) is 0. The molecule has 0 nitrogen and oxygen atoms in total. The summed E-state index contributed by atoms with van der Waals surface area (Å²) in [5.41, 5.74) is 0. The van der Waals surface area contributed by atoms with Gasteiger partial charge >= 0.3 is 36.3 Å². The van der Waals surface area contributed by atoms with E-state index in [1.807, 2.05) is 0 Å². The zero-order chi connectivity index (χ0) is 13.6. The molecule has 0 atom stereocenters. The Balaban J connectivity index is 0. The molecule has 12 heteroatoms. The summed E-state index contributed by atoms with van der Waals surface area (Å²) in [4.78, 5) is 0. The van der Waals surface area contributed by atoms with Crippen molar-refractivity contribution in [3.63, 3.8) is 0 Å². The lowest BCUT2D eigenvalue weighted by Gasteiger charge is -2.01. The van der Waals surface area contributed by atoms with E-state index in [0.717, 1.165) is 0 Å². The highest BCUT2D eigenvalue weighted by Crippen LogP contribution is 2.06. The average molecular weight is 380 g/mol. The van der Waals surface area contributed by atoms with Gasteiger partial charge in [0.1, 0.15) is 0 Å². The Morgan fingerprint density at radius 3 is 1.06 bits per heavy atom. The second-order valence-corrected chi connectivity index (χ2v) is 5.78. The van der Waals surface area contributed by atoms with E-state index in [1.165, 1.54) is 0 Å². The predicted octanol–water partition coefficient (Wildman–Crippen LogP) is 0.500. The molecule has 0 saturated carbocycles. The van der Waals surface area contributed by atoms with E-state index in [9.17, 15) is 43.6 Å². The van der Waals surface area contributed by atoms with Gasteiger partial charge in [-0.1, -0.05) is 0 Å². The summed E-state index contributed by atoms with van der Waals surface area (Å²) in [5, 5.41) is 0. The van der Waals surface area contributed by atoms with Gasteiger partial charge in [-0.25, -0.2) is 8.78 Å². The van der Waals surface area contributed by atoms with Crippen molar-refractivity contribution >= 4 is 7.25 Å². The molecule has 0 spiro atoms. The lowest BCUT2D eigenvalue weighted by Crippen LogP contribution is -3.73. The second kappa shape index (κ2) is 6.74. The van der Waals surface area contributed by atoms with Crippen molar-refractivity contribution in [2.45, 2.75) is 7.86 Å². The van der Waals surface area contributed by atoms with Crippen LogP contribution in [0, 0.1) is 0 Å². The van der Waals surface area contributed by atoms with Crippen LogP contribution in [0.3, 0.4) is 0 Å². The first-order valence-electron chi connectivity index (χ1n) is 3.25. The lowest BCUT2D eigenvalue weighted by molar-refractivity contribution is -0.875. The van der Waals surface area contributed by atoms with Crippen LogP contribution in [0.15, 0.2) is 0 Å². The van der Waals surface area contributed by atoms with Crippen LogP contribution in [0.2, 0.25) is 0 Å². The maximum absolute atomic E-state index is 11.9. The molecule has 0 radical (unpaired) electrons. The average Bonchev–Trinajstić information content (AvgIpc) is 2.00. The van der Waals surface area contributed by atoms with E-state index in [1.54, 1.807) is 0 Å². The Hall–Kier alpha value is 0.0949. The van der Waals surface area contributed by atoms with Crippen LogP contribution < -0.4 is 21.2 Å². The van der Waals surface area contributed by atoms with Gasteiger partial charge in [-0.15, -0.1) is 0 Å². The van der Waals surface area contributed by atoms with Crippen LogP contribution in [0.4, 0.5) is 43.6 Å². The Labute approximate surface area is 93.7 Å². The molecule has 0 aromatic carbocycles. The largest absolute Gasteiger partial charge is 0.673 e. The molecule has 0 aromatic rings. The van der Waals surface area contributed by atoms with Gasteiger partial charge in [-0.05, 0) is 0 Å². The van der Waals surface area contributed by atoms with Crippen molar-refractivity contribution in [2.75, 3.05) is 13.3 Å². The molecule has 0 fully saturated rings. The molecular formula is C4H4BF10I. The number of hydrogen-bond donors (Lipinski definition) is 0. The summed E-state index contributed by atoms with van der Waals surface area (Å²) in [6.07, 6.45) is 0. The summed E-state index contributed by atoms with van der Waals surface area (Å²) < 4.78 is 101. The maximum atomic E-state index is 11.9. The zero-order valence-electron chi connectivity index (χ0n) is 7.15. The van der Waals surface area contributed by atoms with Gasteiger partial charge < -0.3 is 17.3 Å². The normalized spacial score (nSPS) is 13.1. The standard InChI is InChI=1S/C4H4F6I.BF4/c5-1-3(7,8)11-4(9,10)2-6;2-1(3,4)5/h1-2H2;/q+1;-1. The van der Waals surface area contributed by atoms with Crippen molar-refractivity contribution in [3.8, 4) is 0 Å². The smallest absolute Gasteiger partial charge is 0.418 e. The predicted molar refractivity (Wildman–Crippen MR) is 32.0 cm³/mol. The van der Waals surface area contributed by atoms with Gasteiger partial charge in [0.25, 0.3) is 0 Å².